The van der Waals surface area contributed by atoms with Crippen molar-refractivity contribution in [3.63, 3.8) is 0 Å². The molecule has 0 aromatic heterocycles. The number of nitrogens with zero attached hydrogens (tertiary/aromatic N) is 1. The number of hydrogen-bond acceptors (Lipinski definition) is 3. The molecule has 234 valence electrons. The Morgan fingerprint density at radius 1 is 0.388 bits per heavy atom. The number of para-hydroxylation sites is 6. The smallest absolute Gasteiger partial charge is 0.151 e. The molecule has 3 heteroatoms. The quantitative estimate of drug-likeness (QED) is 0.189. The van der Waals surface area contributed by atoms with Crippen molar-refractivity contribution < 1.29 is 9.47 Å². The van der Waals surface area contributed by atoms with Crippen LogP contribution >= 0.6 is 0 Å². The van der Waals surface area contributed by atoms with Crippen LogP contribution in [0, 0.1) is 0 Å². The number of benzene rings is 7. The lowest BCUT2D eigenvalue weighted by Gasteiger charge is -2.50. The Balaban J connectivity index is 1.22. The lowest BCUT2D eigenvalue weighted by molar-refractivity contribution is 0.425. The van der Waals surface area contributed by atoms with Gasteiger partial charge in [-0.15, -0.1) is 0 Å². The summed E-state index contributed by atoms with van der Waals surface area (Å²) in [6.07, 6.45) is 0. The summed E-state index contributed by atoms with van der Waals surface area (Å²) in [6, 6.07) is 58.7. The standard InChI is InChI=1S/C46H33NO2/c1-45(2)33-16-3-4-17-35(33)46(36-18-5-9-22-41(36)48-42-23-10-6-19-37(42)46)38-29-31(26-27-34(38)45)30-14-13-15-32(28-30)47-39-20-7-11-24-43(39)49-44-25-12-8-21-40(44)47/h3-29H,1-2H3. The number of ether oxygens (including phenoxy) is 2. The zero-order valence-corrected chi connectivity index (χ0v) is 27.4. The van der Waals surface area contributed by atoms with Crippen LogP contribution in [0.2, 0.25) is 0 Å². The van der Waals surface area contributed by atoms with Crippen LogP contribution in [0.1, 0.15) is 47.2 Å². The molecule has 0 amide bonds. The van der Waals surface area contributed by atoms with Crippen molar-refractivity contribution in [3.05, 3.63) is 197 Å². The maximum atomic E-state index is 6.63. The summed E-state index contributed by atoms with van der Waals surface area (Å²) in [5, 5.41) is 0. The molecule has 3 nitrogen and oxygen atoms in total. The number of fused-ring (bicyclic) bond motifs is 10. The third-order valence-electron chi connectivity index (χ3n) is 10.8. The van der Waals surface area contributed by atoms with Gasteiger partial charge in [-0.3, -0.25) is 0 Å². The van der Waals surface area contributed by atoms with Crippen LogP contribution in [0.15, 0.2) is 164 Å². The van der Waals surface area contributed by atoms with Crippen molar-refractivity contribution in [1.82, 2.24) is 0 Å². The predicted octanol–water partition coefficient (Wildman–Crippen LogP) is 12.1. The summed E-state index contributed by atoms with van der Waals surface area (Å²) >= 11 is 0. The van der Waals surface area contributed by atoms with Gasteiger partial charge in [0.1, 0.15) is 11.5 Å². The second-order valence-electron chi connectivity index (χ2n) is 13.7. The second kappa shape index (κ2) is 10.2. The summed E-state index contributed by atoms with van der Waals surface area (Å²) in [4.78, 5) is 2.31. The highest BCUT2D eigenvalue weighted by atomic mass is 16.5. The minimum Gasteiger partial charge on any atom is -0.457 e. The van der Waals surface area contributed by atoms with Crippen LogP contribution in [-0.2, 0) is 10.8 Å². The van der Waals surface area contributed by atoms with Crippen molar-refractivity contribution in [2.75, 3.05) is 4.90 Å². The fourth-order valence-corrected chi connectivity index (χ4v) is 8.61. The molecule has 2 aliphatic heterocycles. The molecule has 0 saturated carbocycles. The molecule has 0 bridgehead atoms. The van der Waals surface area contributed by atoms with Gasteiger partial charge < -0.3 is 14.4 Å². The molecule has 0 saturated heterocycles. The lowest BCUT2D eigenvalue weighted by atomic mass is 9.53. The summed E-state index contributed by atoms with van der Waals surface area (Å²) < 4.78 is 13.0. The van der Waals surface area contributed by atoms with E-state index >= 15 is 0 Å². The lowest BCUT2D eigenvalue weighted by Crippen LogP contribution is -2.43. The molecule has 0 N–H and O–H groups in total. The van der Waals surface area contributed by atoms with E-state index in [0.717, 1.165) is 45.6 Å². The van der Waals surface area contributed by atoms with E-state index in [9.17, 15) is 0 Å². The van der Waals surface area contributed by atoms with Gasteiger partial charge in [-0.1, -0.05) is 123 Å². The number of anilines is 3. The van der Waals surface area contributed by atoms with Crippen molar-refractivity contribution in [2.45, 2.75) is 24.7 Å². The summed E-state index contributed by atoms with van der Waals surface area (Å²) in [7, 11) is 0. The average molecular weight is 632 g/mol. The summed E-state index contributed by atoms with van der Waals surface area (Å²) in [5.41, 5.74) is 12.3. The normalized spacial score (nSPS) is 15.3. The molecule has 10 rings (SSSR count). The van der Waals surface area contributed by atoms with Gasteiger partial charge in [0.2, 0.25) is 0 Å². The molecule has 1 aliphatic carbocycles. The van der Waals surface area contributed by atoms with Gasteiger partial charge in [0.05, 0.1) is 16.8 Å². The fraction of sp³-hybridized carbons (Fsp3) is 0.0870. The molecule has 49 heavy (non-hydrogen) atoms. The third kappa shape index (κ3) is 3.84. The van der Waals surface area contributed by atoms with Crippen LogP contribution in [0.3, 0.4) is 0 Å². The topological polar surface area (TPSA) is 21.7 Å². The fourth-order valence-electron chi connectivity index (χ4n) is 8.61. The Kier molecular flexibility index (Phi) is 5.84. The number of hydrogen-bond donors (Lipinski definition) is 0. The zero-order valence-electron chi connectivity index (χ0n) is 27.4. The van der Waals surface area contributed by atoms with Crippen molar-refractivity contribution in [2.24, 2.45) is 0 Å². The SMILES string of the molecule is CC1(C)c2ccccc2C2(c3ccccc3Oc3ccccc32)c2cc(-c3cccc(N4c5ccccc5Oc5ccccc54)c3)ccc21. The molecule has 3 aliphatic rings. The molecule has 2 heterocycles. The van der Waals surface area contributed by atoms with Gasteiger partial charge in [0.25, 0.3) is 0 Å². The molecular formula is C46H33NO2. The van der Waals surface area contributed by atoms with E-state index in [4.69, 9.17) is 9.47 Å². The number of rotatable bonds is 2. The molecule has 7 aromatic rings. The summed E-state index contributed by atoms with van der Waals surface area (Å²) in [5.74, 6) is 3.50. The largest absolute Gasteiger partial charge is 0.457 e. The van der Waals surface area contributed by atoms with E-state index in [0.29, 0.717) is 0 Å². The second-order valence-corrected chi connectivity index (χ2v) is 13.7. The molecule has 0 radical (unpaired) electrons. The van der Waals surface area contributed by atoms with Crippen LogP contribution in [0.4, 0.5) is 17.1 Å². The average Bonchev–Trinajstić information content (AvgIpc) is 3.15. The van der Waals surface area contributed by atoms with Gasteiger partial charge in [0, 0.05) is 22.2 Å². The monoisotopic (exact) mass is 631 g/mol. The van der Waals surface area contributed by atoms with Gasteiger partial charge >= 0.3 is 0 Å². The predicted molar refractivity (Wildman–Crippen MR) is 197 cm³/mol. The van der Waals surface area contributed by atoms with E-state index in [-0.39, 0.29) is 5.41 Å². The Morgan fingerprint density at radius 2 is 0.878 bits per heavy atom. The first-order valence-corrected chi connectivity index (χ1v) is 16.9. The Labute approximate surface area is 286 Å². The first-order valence-electron chi connectivity index (χ1n) is 16.9. The van der Waals surface area contributed by atoms with E-state index in [1.165, 1.54) is 38.9 Å². The third-order valence-corrected chi connectivity index (χ3v) is 10.8. The summed E-state index contributed by atoms with van der Waals surface area (Å²) in [6.45, 7) is 4.73. The first-order chi connectivity index (χ1) is 24.0. The van der Waals surface area contributed by atoms with E-state index in [1.807, 2.05) is 24.3 Å². The minimum atomic E-state index is -0.553. The van der Waals surface area contributed by atoms with Gasteiger partial charge in [-0.25, -0.2) is 0 Å². The van der Waals surface area contributed by atoms with E-state index in [2.05, 4.69) is 158 Å². The highest BCUT2D eigenvalue weighted by Crippen LogP contribution is 2.62. The Hall–Kier alpha value is -6.06. The van der Waals surface area contributed by atoms with Crippen molar-refractivity contribution in [3.8, 4) is 34.1 Å². The highest BCUT2D eigenvalue weighted by Gasteiger charge is 2.52. The molecule has 0 atom stereocenters. The molecule has 7 aromatic carbocycles. The van der Waals surface area contributed by atoms with Crippen molar-refractivity contribution in [1.29, 1.82) is 0 Å². The van der Waals surface area contributed by atoms with Crippen LogP contribution < -0.4 is 14.4 Å². The molecule has 0 unspecified atom stereocenters. The maximum absolute atomic E-state index is 6.63. The van der Waals surface area contributed by atoms with Crippen molar-refractivity contribution >= 4 is 17.1 Å². The van der Waals surface area contributed by atoms with Crippen LogP contribution in [-0.4, -0.2) is 0 Å². The molecular weight excluding hydrogens is 599 g/mol. The van der Waals surface area contributed by atoms with Gasteiger partial charge in [-0.05, 0) is 88.0 Å². The highest BCUT2D eigenvalue weighted by molar-refractivity contribution is 5.88. The first kappa shape index (κ1) is 28.0. The maximum Gasteiger partial charge on any atom is 0.151 e. The minimum absolute atomic E-state index is 0.207. The Morgan fingerprint density at radius 3 is 1.53 bits per heavy atom. The molecule has 1 spiro atoms. The van der Waals surface area contributed by atoms with Gasteiger partial charge in [0.15, 0.2) is 11.5 Å². The van der Waals surface area contributed by atoms with E-state index in [1.54, 1.807) is 0 Å². The van der Waals surface area contributed by atoms with Crippen LogP contribution in [0.5, 0.6) is 23.0 Å². The van der Waals surface area contributed by atoms with Gasteiger partial charge in [-0.2, -0.15) is 0 Å². The Bertz CT molecular complexity index is 2370. The van der Waals surface area contributed by atoms with E-state index < -0.39 is 5.41 Å². The molecule has 0 fully saturated rings. The zero-order chi connectivity index (χ0) is 32.7. The van der Waals surface area contributed by atoms with Crippen LogP contribution in [0.25, 0.3) is 11.1 Å².